The van der Waals surface area contributed by atoms with Crippen LogP contribution in [0.1, 0.15) is 17.4 Å². The Morgan fingerprint density at radius 3 is 2.88 bits per heavy atom. The van der Waals surface area contributed by atoms with Crippen LogP contribution in [0.2, 0.25) is 5.02 Å². The fraction of sp³-hybridized carbons (Fsp3) is 0.500. The Morgan fingerprint density at radius 2 is 2.35 bits per heavy atom. The molecule has 17 heavy (non-hydrogen) atoms. The zero-order valence-electron chi connectivity index (χ0n) is 9.68. The zero-order chi connectivity index (χ0) is 12.8. The Hall–Kier alpha value is -0.850. The first-order chi connectivity index (χ1) is 8.13. The Labute approximate surface area is 109 Å². The summed E-state index contributed by atoms with van der Waals surface area (Å²) < 4.78 is 0. The second kappa shape index (κ2) is 6.78. The van der Waals surface area contributed by atoms with Crippen molar-refractivity contribution in [2.45, 2.75) is 12.1 Å². The minimum absolute atomic E-state index is 0.0856. The molecule has 1 heterocycles. The lowest BCUT2D eigenvalue weighted by Crippen LogP contribution is -2.34. The number of likely N-dealkylation sites (N-methyl/N-ethyl adjacent to an activating group) is 1. The van der Waals surface area contributed by atoms with E-state index in [9.17, 15) is 4.79 Å². The van der Waals surface area contributed by atoms with E-state index in [4.69, 9.17) is 16.7 Å². The van der Waals surface area contributed by atoms with Gasteiger partial charge in [0.15, 0.2) is 10.9 Å². The summed E-state index contributed by atoms with van der Waals surface area (Å²) in [7, 11) is 0. The summed E-state index contributed by atoms with van der Waals surface area (Å²) in [5.41, 5.74) is 0.182. The highest BCUT2D eigenvalue weighted by Gasteiger charge is 2.19. The van der Waals surface area contributed by atoms with Crippen molar-refractivity contribution >= 4 is 29.3 Å². The van der Waals surface area contributed by atoms with E-state index in [1.807, 2.05) is 13.2 Å². The molecule has 0 aliphatic rings. The first-order valence-corrected chi connectivity index (χ1v) is 6.71. The van der Waals surface area contributed by atoms with Gasteiger partial charge in [0.2, 0.25) is 0 Å². The Balaban J connectivity index is 3.01. The van der Waals surface area contributed by atoms with Crippen molar-refractivity contribution in [3.05, 3.63) is 16.9 Å². The number of rotatable bonds is 5. The quantitative estimate of drug-likeness (QED) is 0.648. The van der Waals surface area contributed by atoms with Crippen LogP contribution in [-0.4, -0.2) is 51.8 Å². The normalized spacial score (nSPS) is 10.4. The highest BCUT2D eigenvalue weighted by Crippen LogP contribution is 2.18. The molecule has 0 saturated carbocycles. The summed E-state index contributed by atoms with van der Waals surface area (Å²) in [4.78, 5) is 21.6. The number of nitrogens with zero attached hydrogens (tertiary/aromatic N) is 3. The minimum atomic E-state index is -0.288. The topological polar surface area (TPSA) is 66.3 Å². The summed E-state index contributed by atoms with van der Waals surface area (Å²) in [5, 5.41) is 9.59. The first-order valence-electron chi connectivity index (χ1n) is 5.10. The molecule has 7 heteroatoms. The van der Waals surface area contributed by atoms with Gasteiger partial charge in [0.1, 0.15) is 0 Å². The summed E-state index contributed by atoms with van der Waals surface area (Å²) >= 11 is 7.25. The lowest BCUT2D eigenvalue weighted by atomic mass is 10.3. The second-order valence-electron chi connectivity index (χ2n) is 3.16. The fourth-order valence-corrected chi connectivity index (χ4v) is 1.79. The van der Waals surface area contributed by atoms with Gasteiger partial charge < -0.3 is 10.0 Å². The van der Waals surface area contributed by atoms with Crippen LogP contribution in [0.15, 0.2) is 11.4 Å². The van der Waals surface area contributed by atoms with Crippen LogP contribution >= 0.6 is 23.4 Å². The van der Waals surface area contributed by atoms with Crippen LogP contribution in [-0.2, 0) is 0 Å². The van der Waals surface area contributed by atoms with Crippen LogP contribution in [0.3, 0.4) is 0 Å². The maximum absolute atomic E-state index is 12.1. The number of carbonyl (C=O) groups excluding carboxylic acids is 1. The molecule has 0 atom stereocenters. The third-order valence-corrected chi connectivity index (χ3v) is 2.98. The van der Waals surface area contributed by atoms with Gasteiger partial charge in [-0.25, -0.2) is 9.97 Å². The molecule has 0 bridgehead atoms. The molecular formula is C10H14ClN3O2S. The van der Waals surface area contributed by atoms with Gasteiger partial charge in [0.25, 0.3) is 5.91 Å². The van der Waals surface area contributed by atoms with Crippen molar-refractivity contribution in [2.75, 3.05) is 26.0 Å². The molecule has 0 aliphatic heterocycles. The highest BCUT2D eigenvalue weighted by atomic mass is 35.5. The van der Waals surface area contributed by atoms with Gasteiger partial charge >= 0.3 is 0 Å². The van der Waals surface area contributed by atoms with Crippen LogP contribution < -0.4 is 0 Å². The number of hydrogen-bond acceptors (Lipinski definition) is 5. The summed E-state index contributed by atoms with van der Waals surface area (Å²) in [6.07, 6.45) is 3.24. The predicted molar refractivity (Wildman–Crippen MR) is 67.5 cm³/mol. The van der Waals surface area contributed by atoms with E-state index < -0.39 is 0 Å². The summed E-state index contributed by atoms with van der Waals surface area (Å²) in [6.45, 7) is 2.51. The third kappa shape index (κ3) is 3.55. The molecule has 1 amide bonds. The largest absolute Gasteiger partial charge is 0.395 e. The van der Waals surface area contributed by atoms with Gasteiger partial charge in [-0.2, -0.15) is 0 Å². The van der Waals surface area contributed by atoms with Gasteiger partial charge in [0, 0.05) is 13.1 Å². The Kier molecular flexibility index (Phi) is 5.67. The van der Waals surface area contributed by atoms with Gasteiger partial charge in [-0.15, -0.1) is 0 Å². The maximum atomic E-state index is 12.1. The number of aliphatic hydroxyl groups excluding tert-OH is 1. The Bertz CT molecular complexity index is 403. The summed E-state index contributed by atoms with van der Waals surface area (Å²) in [6, 6.07) is 0. The van der Waals surface area contributed by atoms with E-state index in [-0.39, 0.29) is 29.8 Å². The van der Waals surface area contributed by atoms with E-state index in [1.165, 1.54) is 22.9 Å². The van der Waals surface area contributed by atoms with Crippen LogP contribution in [0.5, 0.6) is 0 Å². The molecule has 0 aliphatic carbocycles. The molecule has 0 aromatic carbocycles. The Morgan fingerprint density at radius 1 is 1.65 bits per heavy atom. The molecule has 0 spiro atoms. The second-order valence-corrected chi connectivity index (χ2v) is 4.34. The molecule has 0 radical (unpaired) electrons. The number of carbonyl (C=O) groups is 1. The molecule has 94 valence electrons. The number of hydrogen-bond donors (Lipinski definition) is 1. The monoisotopic (exact) mass is 275 g/mol. The minimum Gasteiger partial charge on any atom is -0.395 e. The molecule has 1 rings (SSSR count). The predicted octanol–water partition coefficient (Wildman–Crippen LogP) is 1.31. The first kappa shape index (κ1) is 14.2. The standard InChI is InChI=1S/C10H14ClN3O2S/c1-3-14(4-5-15)9(16)8-7(11)6-12-10(13-8)17-2/h6,15H,3-5H2,1-2H3. The molecule has 1 N–H and O–H groups in total. The molecule has 0 unspecified atom stereocenters. The molecule has 0 fully saturated rings. The number of halogens is 1. The van der Waals surface area contributed by atoms with Crippen molar-refractivity contribution in [3.63, 3.8) is 0 Å². The van der Waals surface area contributed by atoms with Crippen LogP contribution in [0.4, 0.5) is 0 Å². The van der Waals surface area contributed by atoms with Crippen molar-refractivity contribution in [3.8, 4) is 0 Å². The van der Waals surface area contributed by atoms with E-state index >= 15 is 0 Å². The van der Waals surface area contributed by atoms with E-state index in [1.54, 1.807) is 0 Å². The highest BCUT2D eigenvalue weighted by molar-refractivity contribution is 7.98. The van der Waals surface area contributed by atoms with Crippen molar-refractivity contribution in [1.82, 2.24) is 14.9 Å². The number of aromatic nitrogens is 2. The summed E-state index contributed by atoms with van der Waals surface area (Å²) in [5.74, 6) is -0.288. The number of thioether (sulfide) groups is 1. The van der Waals surface area contributed by atoms with Crippen LogP contribution in [0.25, 0.3) is 0 Å². The van der Waals surface area contributed by atoms with E-state index in [2.05, 4.69) is 9.97 Å². The maximum Gasteiger partial charge on any atom is 0.274 e. The van der Waals surface area contributed by atoms with Gasteiger partial charge in [0.05, 0.1) is 17.8 Å². The fourth-order valence-electron chi connectivity index (χ4n) is 1.27. The van der Waals surface area contributed by atoms with Crippen LogP contribution in [0, 0.1) is 0 Å². The molecule has 1 aromatic rings. The SMILES string of the molecule is CCN(CCO)C(=O)c1nc(SC)ncc1Cl. The van der Waals surface area contributed by atoms with Crippen molar-refractivity contribution in [1.29, 1.82) is 0 Å². The average Bonchev–Trinajstić information content (AvgIpc) is 2.35. The smallest absolute Gasteiger partial charge is 0.274 e. The van der Waals surface area contributed by atoms with E-state index in [0.717, 1.165) is 0 Å². The number of aliphatic hydroxyl groups is 1. The lowest BCUT2D eigenvalue weighted by molar-refractivity contribution is 0.0725. The zero-order valence-corrected chi connectivity index (χ0v) is 11.3. The van der Waals surface area contributed by atoms with Gasteiger partial charge in [-0.1, -0.05) is 23.4 Å². The van der Waals surface area contributed by atoms with Crippen molar-refractivity contribution < 1.29 is 9.90 Å². The molecular weight excluding hydrogens is 262 g/mol. The third-order valence-electron chi connectivity index (χ3n) is 2.15. The van der Waals surface area contributed by atoms with Gasteiger partial charge in [-0.3, -0.25) is 4.79 Å². The number of amides is 1. The van der Waals surface area contributed by atoms with Gasteiger partial charge in [-0.05, 0) is 13.2 Å². The van der Waals surface area contributed by atoms with E-state index in [0.29, 0.717) is 11.7 Å². The van der Waals surface area contributed by atoms with Crippen molar-refractivity contribution in [2.24, 2.45) is 0 Å². The average molecular weight is 276 g/mol. The lowest BCUT2D eigenvalue weighted by Gasteiger charge is -2.19. The molecule has 0 saturated heterocycles. The molecule has 1 aromatic heterocycles. The molecule has 5 nitrogen and oxygen atoms in total.